The minimum atomic E-state index is -4.81. The minimum Gasteiger partial charge on any atom is -0.687 e. The average Bonchev–Trinajstić information content (AvgIpc) is 2.06. The van der Waals surface area contributed by atoms with Crippen molar-refractivity contribution in [3.8, 4) is 0 Å². The Balaban J connectivity index is 4.12. The fourth-order valence-electron chi connectivity index (χ4n) is 1.45. The van der Waals surface area contributed by atoms with Gasteiger partial charge in [-0.15, -0.1) is 7.94 Å². The summed E-state index contributed by atoms with van der Waals surface area (Å²) in [6.07, 6.45) is 1.69. The van der Waals surface area contributed by atoms with Gasteiger partial charge < -0.3 is 24.5 Å². The van der Waals surface area contributed by atoms with Crippen LogP contribution >= 0.6 is 15.9 Å². The van der Waals surface area contributed by atoms with Crippen LogP contribution in [0, 0.1) is 0 Å². The molecule has 0 aromatic rings. The lowest BCUT2D eigenvalue weighted by atomic mass is 10.2. The van der Waals surface area contributed by atoms with E-state index in [1.807, 2.05) is 6.92 Å². The van der Waals surface area contributed by atoms with Gasteiger partial charge >= 0.3 is 0 Å². The molecular formula is C8H18NO6P2-3. The summed E-state index contributed by atoms with van der Waals surface area (Å²) in [5.41, 5.74) is 0. The molecule has 0 bridgehead atoms. The van der Waals surface area contributed by atoms with Crippen molar-refractivity contribution >= 4 is 15.9 Å². The standard InChI is InChI=1S/C8H21NO6P2/c1-2-3-4-5-6-9(7-16(10,11)12)8-17(13,14)15/h2-8H2,1H3,(H2,10,11,12)(H2,13,14,15)/p-3. The molecule has 0 spiro atoms. The fourth-order valence-corrected chi connectivity index (χ4v) is 3.08. The van der Waals surface area contributed by atoms with Crippen LogP contribution in [0.3, 0.4) is 0 Å². The van der Waals surface area contributed by atoms with Crippen LogP contribution < -0.4 is 24.5 Å². The Hall–Kier alpha value is 0.580. The van der Waals surface area contributed by atoms with Crippen LogP contribution in [-0.2, 0) is 0 Å². The molecule has 104 valence electrons. The zero-order valence-electron chi connectivity index (χ0n) is 9.78. The zero-order valence-corrected chi connectivity index (χ0v) is 11.6. The molecule has 0 aromatic carbocycles. The molecule has 0 saturated carbocycles. The van der Waals surface area contributed by atoms with Gasteiger partial charge in [0.15, 0.2) is 0 Å². The number of unbranched alkanes of at least 4 members (excludes halogenated alkanes) is 3. The average molecular weight is 286 g/mol. The van der Waals surface area contributed by atoms with Gasteiger partial charge in [-0.1, -0.05) is 26.2 Å². The van der Waals surface area contributed by atoms with Crippen LogP contribution in [0.15, 0.2) is 0 Å². The molecular weight excluding hydrogens is 268 g/mol. The second-order valence-electron chi connectivity index (χ2n) is 3.99. The highest BCUT2D eigenvalue weighted by molar-refractivity contribution is 7.56. The molecule has 9 heteroatoms. The lowest BCUT2D eigenvalue weighted by Crippen LogP contribution is -2.44. The van der Waals surface area contributed by atoms with Gasteiger partial charge in [0.25, 0.3) is 0 Å². The van der Waals surface area contributed by atoms with E-state index in [1.165, 1.54) is 0 Å². The topological polar surface area (TPSA) is 139 Å². The molecule has 0 amide bonds. The zero-order chi connectivity index (χ0) is 13.5. The van der Waals surface area contributed by atoms with E-state index >= 15 is 0 Å². The summed E-state index contributed by atoms with van der Waals surface area (Å²) >= 11 is 0. The van der Waals surface area contributed by atoms with Crippen molar-refractivity contribution in [2.24, 2.45) is 0 Å². The first-order valence-electron chi connectivity index (χ1n) is 5.40. The van der Waals surface area contributed by atoms with Crippen LogP contribution in [0.5, 0.6) is 0 Å². The molecule has 0 aliphatic rings. The van der Waals surface area contributed by atoms with Gasteiger partial charge in [0, 0.05) is 6.54 Å². The summed E-state index contributed by atoms with van der Waals surface area (Å²) in [7, 11) is -9.40. The Morgan fingerprint density at radius 3 is 1.94 bits per heavy atom. The maximum absolute atomic E-state index is 10.7. The summed E-state index contributed by atoms with van der Waals surface area (Å²) in [4.78, 5) is 62.6. The van der Waals surface area contributed by atoms with Gasteiger partial charge in [-0.25, -0.2) is 4.90 Å². The summed E-state index contributed by atoms with van der Waals surface area (Å²) in [6, 6.07) is 0. The smallest absolute Gasteiger partial charge is 0.131 e. The Bertz CT molecular complexity index is 189. The molecule has 0 heterocycles. The van der Waals surface area contributed by atoms with Gasteiger partial charge in [0.05, 0.1) is 14.2 Å². The van der Waals surface area contributed by atoms with Crippen molar-refractivity contribution in [2.75, 3.05) is 19.1 Å². The largest absolute Gasteiger partial charge is 0.687 e. The van der Waals surface area contributed by atoms with E-state index in [9.17, 15) is 24.5 Å². The minimum absolute atomic E-state index is 0.168. The normalized spacial score (nSPS) is 13.4. The second-order valence-corrected chi connectivity index (χ2v) is 7.05. The molecule has 0 unspecified atom stereocenters. The highest BCUT2D eigenvalue weighted by atomic mass is 31.2. The van der Waals surface area contributed by atoms with Gasteiger partial charge in [-0.05, 0) is 6.42 Å². The van der Waals surface area contributed by atoms with E-state index < -0.39 is 28.5 Å². The van der Waals surface area contributed by atoms with Crippen LogP contribution in [0.1, 0.15) is 32.6 Å². The second kappa shape index (κ2) is 7.89. The highest BCUT2D eigenvalue weighted by Gasteiger charge is 2.18. The Morgan fingerprint density at radius 2 is 1.53 bits per heavy atom. The first-order valence-corrected chi connectivity index (χ1v) is 8.89. The van der Waals surface area contributed by atoms with Crippen molar-refractivity contribution < 1.29 is 29.4 Å². The predicted molar refractivity (Wildman–Crippen MR) is 56.6 cm³/mol. The number of rotatable bonds is 9. The highest BCUT2D eigenvalue weighted by Crippen LogP contribution is 2.38. The van der Waals surface area contributed by atoms with Crippen LogP contribution in [0.2, 0.25) is 0 Å². The Labute approximate surface area is 103 Å². The number of hydrogen-bond acceptors (Lipinski definition) is 7. The molecule has 0 atom stereocenters. The third kappa shape index (κ3) is 12.8. The SMILES string of the molecule is CCCCCCN(C[P+]([O-])([O-])[O-])C[P+]([O-])([O-])O. The summed E-state index contributed by atoms with van der Waals surface area (Å²) in [6.45, 7) is 2.17. The first kappa shape index (κ1) is 17.6. The molecule has 0 rings (SSSR count). The Kier molecular flexibility index (Phi) is 8.16. The third-order valence-electron chi connectivity index (χ3n) is 2.08. The third-order valence-corrected chi connectivity index (χ3v) is 3.58. The fraction of sp³-hybridized carbons (Fsp3) is 1.00. The van der Waals surface area contributed by atoms with Crippen molar-refractivity contribution in [3.63, 3.8) is 0 Å². The summed E-state index contributed by atoms with van der Waals surface area (Å²) in [5, 5.41) is 0. The van der Waals surface area contributed by atoms with Crippen LogP contribution in [0.25, 0.3) is 0 Å². The van der Waals surface area contributed by atoms with Crippen molar-refractivity contribution in [1.82, 2.24) is 4.90 Å². The molecule has 0 radical (unpaired) electrons. The van der Waals surface area contributed by atoms with Gasteiger partial charge in [-0.2, -0.15) is 0 Å². The van der Waals surface area contributed by atoms with E-state index in [0.29, 0.717) is 6.42 Å². The lowest BCUT2D eigenvalue weighted by Gasteiger charge is -2.46. The molecule has 0 fully saturated rings. The molecule has 7 nitrogen and oxygen atoms in total. The van der Waals surface area contributed by atoms with Gasteiger partial charge in [-0.3, -0.25) is 4.89 Å². The quantitative estimate of drug-likeness (QED) is 0.354. The maximum Gasteiger partial charge on any atom is 0.131 e. The monoisotopic (exact) mass is 286 g/mol. The predicted octanol–water partition coefficient (Wildman–Crippen LogP) is -2.90. The van der Waals surface area contributed by atoms with Crippen LogP contribution in [0.4, 0.5) is 0 Å². The van der Waals surface area contributed by atoms with Gasteiger partial charge in [0.1, 0.15) is 6.29 Å². The van der Waals surface area contributed by atoms with E-state index in [2.05, 4.69) is 0 Å². The molecule has 1 N–H and O–H groups in total. The van der Waals surface area contributed by atoms with Crippen molar-refractivity contribution in [2.45, 2.75) is 32.6 Å². The van der Waals surface area contributed by atoms with Crippen molar-refractivity contribution in [3.05, 3.63) is 0 Å². The molecule has 0 aliphatic heterocycles. The van der Waals surface area contributed by atoms with Gasteiger partial charge in [0.2, 0.25) is 0 Å². The molecule has 0 aliphatic carbocycles. The van der Waals surface area contributed by atoms with Crippen LogP contribution in [-0.4, -0.2) is 28.9 Å². The van der Waals surface area contributed by atoms with E-state index in [0.717, 1.165) is 24.2 Å². The first-order chi connectivity index (χ1) is 7.64. The summed E-state index contributed by atoms with van der Waals surface area (Å²) < 4.78 is 0. The van der Waals surface area contributed by atoms with E-state index in [-0.39, 0.29) is 6.54 Å². The Morgan fingerprint density at radius 1 is 0.941 bits per heavy atom. The number of nitrogens with zero attached hydrogens (tertiary/aromatic N) is 1. The van der Waals surface area contributed by atoms with Crippen molar-refractivity contribution in [1.29, 1.82) is 0 Å². The number of hydrogen-bond donors (Lipinski definition) is 1. The van der Waals surface area contributed by atoms with E-state index in [1.54, 1.807) is 0 Å². The maximum atomic E-state index is 10.7. The molecule has 17 heavy (non-hydrogen) atoms. The molecule has 0 aromatic heterocycles. The lowest BCUT2D eigenvalue weighted by molar-refractivity contribution is -0.429. The van der Waals surface area contributed by atoms with E-state index in [4.69, 9.17) is 4.89 Å². The summed E-state index contributed by atoms with van der Waals surface area (Å²) in [5.74, 6) is 0. The molecule has 0 saturated heterocycles.